The zero-order valence-electron chi connectivity index (χ0n) is 10.8. The predicted molar refractivity (Wildman–Crippen MR) is 78.0 cm³/mol. The van der Waals surface area contributed by atoms with Gasteiger partial charge in [0.2, 0.25) is 0 Å². The van der Waals surface area contributed by atoms with Crippen molar-refractivity contribution in [3.63, 3.8) is 0 Å². The number of piperazine rings is 1. The number of hydrogen-bond donors (Lipinski definition) is 1. The van der Waals surface area contributed by atoms with Gasteiger partial charge in [0.15, 0.2) is 0 Å². The number of halogens is 1. The number of β-amino-alcohol motifs (C(OH)–C–C–N with tert-alkyl or cyclic N) is 1. The van der Waals surface area contributed by atoms with Crippen LogP contribution in [0.4, 0.5) is 0 Å². The third kappa shape index (κ3) is 3.47. The lowest BCUT2D eigenvalue weighted by atomic mass is 10.3. The standard InChI is InChI=1S/C12H17BrN2O3S/c1-18-9-8-10(19-11(9)13)12(17)15-4-2-14(3-5-15)6-7-16/h8,16H,2-7H2,1H3. The summed E-state index contributed by atoms with van der Waals surface area (Å²) in [6.07, 6.45) is 0. The van der Waals surface area contributed by atoms with Crippen LogP contribution in [0.15, 0.2) is 9.85 Å². The van der Waals surface area contributed by atoms with Crippen LogP contribution in [0.2, 0.25) is 0 Å². The molecule has 1 aliphatic heterocycles. The Hall–Kier alpha value is -0.630. The molecule has 0 bridgehead atoms. The lowest BCUT2D eigenvalue weighted by Crippen LogP contribution is -2.49. The fraction of sp³-hybridized carbons (Fsp3) is 0.583. The van der Waals surface area contributed by atoms with E-state index in [-0.39, 0.29) is 12.5 Å². The second-order valence-corrected chi connectivity index (χ2v) is 6.68. The molecule has 1 fully saturated rings. The summed E-state index contributed by atoms with van der Waals surface area (Å²) in [7, 11) is 1.59. The van der Waals surface area contributed by atoms with Crippen LogP contribution in [0.5, 0.6) is 5.75 Å². The molecule has 106 valence electrons. The van der Waals surface area contributed by atoms with E-state index in [1.807, 2.05) is 4.90 Å². The molecule has 0 unspecified atom stereocenters. The molecule has 1 saturated heterocycles. The second-order valence-electron chi connectivity index (χ2n) is 4.31. The molecule has 0 atom stereocenters. The Bertz CT molecular complexity index is 444. The first-order chi connectivity index (χ1) is 9.15. The van der Waals surface area contributed by atoms with Gasteiger partial charge in [0.05, 0.1) is 18.6 Å². The van der Waals surface area contributed by atoms with Crippen molar-refractivity contribution in [2.45, 2.75) is 0 Å². The van der Waals surface area contributed by atoms with Crippen molar-refractivity contribution in [2.75, 3.05) is 46.4 Å². The van der Waals surface area contributed by atoms with Crippen LogP contribution in [-0.4, -0.2) is 67.3 Å². The van der Waals surface area contributed by atoms with Gasteiger partial charge in [0.25, 0.3) is 5.91 Å². The van der Waals surface area contributed by atoms with Gasteiger partial charge < -0.3 is 14.7 Å². The van der Waals surface area contributed by atoms with Gasteiger partial charge in [-0.05, 0) is 15.9 Å². The van der Waals surface area contributed by atoms with E-state index >= 15 is 0 Å². The van der Waals surface area contributed by atoms with Crippen molar-refractivity contribution in [3.8, 4) is 5.75 Å². The fourth-order valence-electron chi connectivity index (χ4n) is 2.07. The highest BCUT2D eigenvalue weighted by molar-refractivity contribution is 9.11. The van der Waals surface area contributed by atoms with Crippen LogP contribution in [0.3, 0.4) is 0 Å². The Labute approximate surface area is 124 Å². The molecule has 0 aliphatic carbocycles. The minimum Gasteiger partial charge on any atom is -0.495 e. The Morgan fingerprint density at radius 2 is 2.16 bits per heavy atom. The van der Waals surface area contributed by atoms with Crippen LogP contribution in [0.1, 0.15) is 9.67 Å². The summed E-state index contributed by atoms with van der Waals surface area (Å²) < 4.78 is 6.01. The lowest BCUT2D eigenvalue weighted by Gasteiger charge is -2.34. The van der Waals surface area contributed by atoms with Gasteiger partial charge in [-0.3, -0.25) is 9.69 Å². The van der Waals surface area contributed by atoms with Crippen molar-refractivity contribution in [1.82, 2.24) is 9.80 Å². The van der Waals surface area contributed by atoms with Gasteiger partial charge in [-0.1, -0.05) is 0 Å². The number of nitrogens with zero attached hydrogens (tertiary/aromatic N) is 2. The summed E-state index contributed by atoms with van der Waals surface area (Å²) >= 11 is 4.79. The van der Waals surface area contributed by atoms with Crippen LogP contribution in [0, 0.1) is 0 Å². The first-order valence-corrected chi connectivity index (χ1v) is 7.72. The van der Waals surface area contributed by atoms with Crippen molar-refractivity contribution in [1.29, 1.82) is 0 Å². The molecule has 1 aliphatic rings. The van der Waals surface area contributed by atoms with Crippen LogP contribution in [0.25, 0.3) is 0 Å². The quantitative estimate of drug-likeness (QED) is 0.890. The Balaban J connectivity index is 1.97. The summed E-state index contributed by atoms with van der Waals surface area (Å²) in [6, 6.07) is 1.77. The van der Waals surface area contributed by atoms with Gasteiger partial charge in [-0.25, -0.2) is 0 Å². The van der Waals surface area contributed by atoms with E-state index in [0.29, 0.717) is 30.3 Å². The van der Waals surface area contributed by atoms with Crippen molar-refractivity contribution in [3.05, 3.63) is 14.7 Å². The highest BCUT2D eigenvalue weighted by atomic mass is 79.9. The normalized spacial score (nSPS) is 16.7. The molecule has 1 aromatic heterocycles. The molecule has 0 radical (unpaired) electrons. The summed E-state index contributed by atoms with van der Waals surface area (Å²) in [5.74, 6) is 0.755. The number of amides is 1. The molecule has 1 amide bonds. The zero-order chi connectivity index (χ0) is 13.8. The van der Waals surface area contributed by atoms with Crippen LogP contribution < -0.4 is 4.74 Å². The maximum absolute atomic E-state index is 12.3. The van der Waals surface area contributed by atoms with Gasteiger partial charge in [-0.2, -0.15) is 0 Å². The number of methoxy groups -OCH3 is 1. The smallest absolute Gasteiger partial charge is 0.264 e. The number of ether oxygens (including phenoxy) is 1. The van der Waals surface area contributed by atoms with Crippen LogP contribution >= 0.6 is 27.3 Å². The highest BCUT2D eigenvalue weighted by Gasteiger charge is 2.24. The molecule has 5 nitrogen and oxygen atoms in total. The minimum absolute atomic E-state index is 0.0534. The third-order valence-corrected chi connectivity index (χ3v) is 4.93. The summed E-state index contributed by atoms with van der Waals surface area (Å²) in [6.45, 7) is 3.89. The first kappa shape index (κ1) is 14.8. The molecule has 1 N–H and O–H groups in total. The zero-order valence-corrected chi connectivity index (χ0v) is 13.2. The minimum atomic E-state index is 0.0534. The summed E-state index contributed by atoms with van der Waals surface area (Å²) in [5, 5.41) is 8.89. The Morgan fingerprint density at radius 1 is 1.47 bits per heavy atom. The highest BCUT2D eigenvalue weighted by Crippen LogP contribution is 2.34. The number of aliphatic hydroxyl groups excluding tert-OH is 1. The number of hydrogen-bond acceptors (Lipinski definition) is 5. The largest absolute Gasteiger partial charge is 0.495 e. The number of carbonyl (C=O) groups excluding carboxylic acids is 1. The van der Waals surface area contributed by atoms with Crippen molar-refractivity contribution >= 4 is 33.2 Å². The average molecular weight is 349 g/mol. The van der Waals surface area contributed by atoms with Gasteiger partial charge in [0, 0.05) is 38.8 Å². The second kappa shape index (κ2) is 6.69. The number of aliphatic hydroxyl groups is 1. The van der Waals surface area contributed by atoms with Gasteiger partial charge >= 0.3 is 0 Å². The summed E-state index contributed by atoms with van der Waals surface area (Å²) in [4.78, 5) is 17.0. The SMILES string of the molecule is COc1cc(C(=O)N2CCN(CCO)CC2)sc1Br. The molecule has 2 heterocycles. The monoisotopic (exact) mass is 348 g/mol. The van der Waals surface area contributed by atoms with E-state index in [1.54, 1.807) is 13.2 Å². The third-order valence-electron chi connectivity index (χ3n) is 3.16. The van der Waals surface area contributed by atoms with E-state index in [1.165, 1.54) is 11.3 Å². The fourth-order valence-corrected chi connectivity index (χ4v) is 3.69. The van der Waals surface area contributed by atoms with Gasteiger partial charge in [0.1, 0.15) is 9.54 Å². The number of carbonyl (C=O) groups is 1. The maximum Gasteiger partial charge on any atom is 0.264 e. The lowest BCUT2D eigenvalue weighted by molar-refractivity contribution is 0.0619. The molecule has 19 heavy (non-hydrogen) atoms. The molecule has 1 aromatic rings. The molecule has 2 rings (SSSR count). The molecule has 0 saturated carbocycles. The average Bonchev–Trinajstić information content (AvgIpc) is 2.80. The molecular weight excluding hydrogens is 332 g/mol. The van der Waals surface area contributed by atoms with E-state index in [0.717, 1.165) is 16.9 Å². The molecule has 7 heteroatoms. The van der Waals surface area contributed by atoms with Crippen LogP contribution in [-0.2, 0) is 0 Å². The van der Waals surface area contributed by atoms with E-state index < -0.39 is 0 Å². The molecule has 0 spiro atoms. The van der Waals surface area contributed by atoms with Crippen molar-refractivity contribution in [2.24, 2.45) is 0 Å². The Morgan fingerprint density at radius 3 is 2.68 bits per heavy atom. The van der Waals surface area contributed by atoms with E-state index in [4.69, 9.17) is 9.84 Å². The maximum atomic E-state index is 12.3. The van der Waals surface area contributed by atoms with Gasteiger partial charge in [-0.15, -0.1) is 11.3 Å². The number of thiophene rings is 1. The Kier molecular flexibility index (Phi) is 5.20. The topological polar surface area (TPSA) is 53.0 Å². The summed E-state index contributed by atoms with van der Waals surface area (Å²) in [5.41, 5.74) is 0. The van der Waals surface area contributed by atoms with Crippen molar-refractivity contribution < 1.29 is 14.6 Å². The van der Waals surface area contributed by atoms with E-state index in [9.17, 15) is 4.79 Å². The molecular formula is C12H17BrN2O3S. The molecule has 0 aromatic carbocycles. The first-order valence-electron chi connectivity index (χ1n) is 6.11. The van der Waals surface area contributed by atoms with E-state index in [2.05, 4.69) is 20.8 Å². The number of rotatable bonds is 4. The predicted octanol–water partition coefficient (Wildman–Crippen LogP) is 1.27.